The van der Waals surface area contributed by atoms with Gasteiger partial charge in [0.25, 0.3) is 5.91 Å². The maximum atomic E-state index is 12.9. The van der Waals surface area contributed by atoms with Crippen LogP contribution in [0.4, 0.5) is 28.0 Å². The number of aliphatic hydroxyl groups is 1. The summed E-state index contributed by atoms with van der Waals surface area (Å²) in [6.45, 7) is 0.159. The molecular weight excluding hydrogens is 308 g/mol. The first-order valence-corrected chi connectivity index (χ1v) is 6.28. The number of anilines is 1. The molecule has 1 aliphatic heterocycles. The van der Waals surface area contributed by atoms with E-state index >= 15 is 0 Å². The van der Waals surface area contributed by atoms with Crippen LogP contribution in [-0.2, 0) is 4.79 Å². The van der Waals surface area contributed by atoms with E-state index in [1.165, 1.54) is 19.1 Å². The number of benzene rings is 1. The number of aliphatic hydroxyl groups excluding tert-OH is 1. The van der Waals surface area contributed by atoms with Gasteiger partial charge in [-0.25, -0.2) is 9.18 Å². The van der Waals surface area contributed by atoms with Crippen molar-refractivity contribution in [2.24, 2.45) is 0 Å². The molecule has 1 aliphatic rings. The van der Waals surface area contributed by atoms with E-state index in [1.54, 1.807) is 0 Å². The van der Waals surface area contributed by atoms with Gasteiger partial charge >= 0.3 is 12.2 Å². The lowest BCUT2D eigenvalue weighted by atomic mass is 10.2. The lowest BCUT2D eigenvalue weighted by Gasteiger charge is -2.21. The summed E-state index contributed by atoms with van der Waals surface area (Å²) in [6, 6.07) is 2.56. The molecule has 9 heteroatoms. The van der Waals surface area contributed by atoms with Crippen molar-refractivity contribution in [1.29, 1.82) is 0 Å². The Kier molecular flexibility index (Phi) is 4.10. The van der Waals surface area contributed by atoms with E-state index in [4.69, 9.17) is 5.11 Å². The third kappa shape index (κ3) is 2.89. The Balaban J connectivity index is 2.24. The van der Waals surface area contributed by atoms with Crippen LogP contribution >= 0.6 is 0 Å². The zero-order valence-electron chi connectivity index (χ0n) is 11.3. The molecule has 3 amide bonds. The van der Waals surface area contributed by atoms with Gasteiger partial charge in [0.05, 0.1) is 6.54 Å². The highest BCUT2D eigenvalue weighted by Gasteiger charge is 2.48. The van der Waals surface area contributed by atoms with Crippen LogP contribution in [0.15, 0.2) is 24.3 Å². The fourth-order valence-electron chi connectivity index (χ4n) is 2.11. The number of carbonyl (C=O) groups excluding carboxylic acids is 2. The number of carbonyl (C=O) groups is 2. The summed E-state index contributed by atoms with van der Waals surface area (Å²) >= 11 is 0. The molecule has 0 bridgehead atoms. The molecule has 0 saturated carbocycles. The Morgan fingerprint density at radius 1 is 1.23 bits per heavy atom. The fourth-order valence-corrected chi connectivity index (χ4v) is 2.11. The number of imide groups is 1. The molecule has 120 valence electrons. The minimum Gasteiger partial charge on any atom is -0.382 e. The summed E-state index contributed by atoms with van der Waals surface area (Å²) < 4.78 is 50.0. The maximum Gasteiger partial charge on any atom is 0.416 e. The molecule has 2 atom stereocenters. The molecule has 1 fully saturated rings. The van der Waals surface area contributed by atoms with Gasteiger partial charge in [-0.05, 0) is 31.2 Å². The number of rotatable bonds is 3. The Labute approximate surface area is 122 Å². The van der Waals surface area contributed by atoms with Gasteiger partial charge in [0.1, 0.15) is 11.9 Å². The van der Waals surface area contributed by atoms with Crippen molar-refractivity contribution in [1.82, 2.24) is 4.90 Å². The molecule has 0 unspecified atom stereocenters. The summed E-state index contributed by atoms with van der Waals surface area (Å²) in [4.78, 5) is 25.4. The highest BCUT2D eigenvalue weighted by atomic mass is 19.4. The monoisotopic (exact) mass is 320 g/mol. The molecule has 0 radical (unpaired) electrons. The van der Waals surface area contributed by atoms with Gasteiger partial charge in [-0.1, -0.05) is 0 Å². The Morgan fingerprint density at radius 2 is 1.77 bits per heavy atom. The average molecular weight is 320 g/mol. The van der Waals surface area contributed by atoms with Crippen LogP contribution in [0, 0.1) is 5.82 Å². The topological polar surface area (TPSA) is 60.9 Å². The van der Waals surface area contributed by atoms with Crippen LogP contribution < -0.4 is 4.90 Å². The van der Waals surface area contributed by atoms with Gasteiger partial charge in [-0.3, -0.25) is 14.6 Å². The molecule has 1 N–H and O–H groups in total. The number of hydrogen-bond acceptors (Lipinski definition) is 3. The van der Waals surface area contributed by atoms with E-state index < -0.39 is 42.6 Å². The van der Waals surface area contributed by atoms with Crippen molar-refractivity contribution >= 4 is 17.6 Å². The third-order valence-electron chi connectivity index (χ3n) is 3.29. The van der Waals surface area contributed by atoms with Crippen LogP contribution in [0.1, 0.15) is 6.92 Å². The number of hydrogen-bond donors (Lipinski definition) is 1. The summed E-state index contributed by atoms with van der Waals surface area (Å²) in [5.74, 6) is -1.42. The largest absolute Gasteiger partial charge is 0.416 e. The second-order valence-electron chi connectivity index (χ2n) is 4.81. The number of nitrogens with zero attached hydrogens (tertiary/aromatic N) is 2. The lowest BCUT2D eigenvalue weighted by Crippen LogP contribution is -2.44. The standard InChI is InChI=1S/C13H12F4N2O3/c1-7-11(21)18(6-10(20)13(15,16)17)12(22)19(7)9-4-2-8(14)3-5-9/h2-5,7,10,20H,6H2,1H3/t7-,10+/m0/s1. The first-order valence-electron chi connectivity index (χ1n) is 6.28. The lowest BCUT2D eigenvalue weighted by molar-refractivity contribution is -0.206. The molecule has 0 aliphatic carbocycles. The van der Waals surface area contributed by atoms with Crippen molar-refractivity contribution in [3.63, 3.8) is 0 Å². The van der Waals surface area contributed by atoms with Crippen molar-refractivity contribution in [2.45, 2.75) is 25.2 Å². The van der Waals surface area contributed by atoms with E-state index in [0.717, 1.165) is 17.0 Å². The fraction of sp³-hybridized carbons (Fsp3) is 0.385. The molecular formula is C13H12F4N2O3. The molecule has 5 nitrogen and oxygen atoms in total. The predicted molar refractivity (Wildman–Crippen MR) is 67.5 cm³/mol. The van der Waals surface area contributed by atoms with Gasteiger partial charge in [-0.15, -0.1) is 0 Å². The molecule has 0 spiro atoms. The molecule has 2 rings (SSSR count). The Morgan fingerprint density at radius 3 is 2.27 bits per heavy atom. The molecule has 1 aromatic rings. The van der Waals surface area contributed by atoms with Crippen molar-refractivity contribution < 1.29 is 32.3 Å². The SMILES string of the molecule is C[C@H]1C(=O)N(C[C@@H](O)C(F)(F)F)C(=O)N1c1ccc(F)cc1. The number of urea groups is 1. The molecule has 1 aromatic carbocycles. The van der Waals surface area contributed by atoms with E-state index in [1.807, 2.05) is 0 Å². The van der Waals surface area contributed by atoms with Gasteiger partial charge in [-0.2, -0.15) is 13.2 Å². The Bertz CT molecular complexity index is 588. The van der Waals surface area contributed by atoms with Crippen LogP contribution in [0.3, 0.4) is 0 Å². The molecule has 0 aromatic heterocycles. The summed E-state index contributed by atoms with van der Waals surface area (Å²) in [7, 11) is 0. The van der Waals surface area contributed by atoms with Crippen LogP contribution in [0.2, 0.25) is 0 Å². The summed E-state index contributed by atoms with van der Waals surface area (Å²) in [6.07, 6.45) is -7.76. The maximum absolute atomic E-state index is 12.9. The zero-order valence-corrected chi connectivity index (χ0v) is 11.3. The van der Waals surface area contributed by atoms with Gasteiger partial charge in [0.15, 0.2) is 6.10 Å². The van der Waals surface area contributed by atoms with Crippen molar-refractivity contribution in [3.05, 3.63) is 30.1 Å². The minimum absolute atomic E-state index is 0.177. The molecule has 1 saturated heterocycles. The number of alkyl halides is 3. The number of β-amino-alcohol motifs (C(OH)–C–C–N with tert-alkyl or cyclic N) is 1. The summed E-state index contributed by atoms with van der Waals surface area (Å²) in [5.41, 5.74) is 0.177. The Hall–Kier alpha value is -2.16. The average Bonchev–Trinajstić information content (AvgIpc) is 2.63. The van der Waals surface area contributed by atoms with E-state index in [0.29, 0.717) is 4.90 Å². The highest BCUT2D eigenvalue weighted by molar-refractivity contribution is 6.14. The third-order valence-corrected chi connectivity index (χ3v) is 3.29. The van der Waals surface area contributed by atoms with E-state index in [9.17, 15) is 27.2 Å². The molecule has 22 heavy (non-hydrogen) atoms. The normalized spacial score (nSPS) is 20.7. The van der Waals surface area contributed by atoms with Crippen molar-refractivity contribution in [3.8, 4) is 0 Å². The predicted octanol–water partition coefficient (Wildman–Crippen LogP) is 1.91. The second-order valence-corrected chi connectivity index (χ2v) is 4.81. The zero-order chi connectivity index (χ0) is 16.7. The van der Waals surface area contributed by atoms with Gasteiger partial charge < -0.3 is 5.11 Å². The number of amides is 3. The van der Waals surface area contributed by atoms with Gasteiger partial charge in [0, 0.05) is 5.69 Å². The smallest absolute Gasteiger partial charge is 0.382 e. The number of halogens is 4. The minimum atomic E-state index is -4.94. The van der Waals surface area contributed by atoms with Gasteiger partial charge in [0.2, 0.25) is 0 Å². The highest BCUT2D eigenvalue weighted by Crippen LogP contribution is 2.28. The second kappa shape index (κ2) is 5.56. The quantitative estimate of drug-likeness (QED) is 0.683. The van der Waals surface area contributed by atoms with Crippen LogP contribution in [-0.4, -0.2) is 46.8 Å². The summed E-state index contributed by atoms with van der Waals surface area (Å²) in [5, 5.41) is 9.02. The first kappa shape index (κ1) is 16.2. The van der Waals surface area contributed by atoms with Crippen molar-refractivity contribution in [2.75, 3.05) is 11.4 Å². The van der Waals surface area contributed by atoms with E-state index in [-0.39, 0.29) is 5.69 Å². The molecule has 1 heterocycles. The van der Waals surface area contributed by atoms with Crippen LogP contribution in [0.25, 0.3) is 0 Å². The van der Waals surface area contributed by atoms with Crippen LogP contribution in [0.5, 0.6) is 0 Å². The first-order chi connectivity index (χ1) is 10.1. The van der Waals surface area contributed by atoms with E-state index in [2.05, 4.69) is 0 Å².